The average Bonchev–Trinajstić information content (AvgIpc) is 2.59. The van der Waals surface area contributed by atoms with Crippen molar-refractivity contribution in [1.29, 1.82) is 0 Å². The lowest BCUT2D eigenvalue weighted by atomic mass is 9.85. The molecule has 1 atom stereocenters. The van der Waals surface area contributed by atoms with Crippen molar-refractivity contribution >= 4 is 5.78 Å². The highest BCUT2D eigenvalue weighted by molar-refractivity contribution is 5.79. The summed E-state index contributed by atoms with van der Waals surface area (Å²) in [4.78, 5) is 11.4. The van der Waals surface area contributed by atoms with Crippen molar-refractivity contribution in [2.24, 2.45) is 5.92 Å². The normalized spacial score (nSPS) is 21.4. The maximum Gasteiger partial charge on any atom is 0.133 e. The van der Waals surface area contributed by atoms with E-state index in [1.165, 1.54) is 12.1 Å². The third kappa shape index (κ3) is 2.52. The van der Waals surface area contributed by atoms with Gasteiger partial charge in [0.25, 0.3) is 0 Å². The molecule has 1 saturated carbocycles. The highest BCUT2D eigenvalue weighted by Crippen LogP contribution is 2.25. The molecule has 1 aromatic rings. The molecular formula is C13H20N2O. The van der Waals surface area contributed by atoms with E-state index in [-0.39, 0.29) is 0 Å². The second-order valence-electron chi connectivity index (χ2n) is 4.80. The van der Waals surface area contributed by atoms with Gasteiger partial charge in [0, 0.05) is 25.1 Å². The van der Waals surface area contributed by atoms with Crippen molar-refractivity contribution in [2.45, 2.75) is 52.5 Å². The second kappa shape index (κ2) is 4.81. The van der Waals surface area contributed by atoms with Crippen molar-refractivity contribution < 1.29 is 4.79 Å². The molecule has 3 heteroatoms. The van der Waals surface area contributed by atoms with E-state index in [2.05, 4.69) is 22.8 Å². The quantitative estimate of drug-likeness (QED) is 0.784. The third-order valence-electron chi connectivity index (χ3n) is 3.37. The van der Waals surface area contributed by atoms with Gasteiger partial charge in [-0.1, -0.05) is 0 Å². The minimum absolute atomic E-state index is 0.440. The molecule has 1 aromatic heterocycles. The van der Waals surface area contributed by atoms with Crippen LogP contribution in [0, 0.1) is 12.8 Å². The van der Waals surface area contributed by atoms with Gasteiger partial charge in [-0.15, -0.1) is 0 Å². The average molecular weight is 220 g/mol. The van der Waals surface area contributed by atoms with Gasteiger partial charge in [0.15, 0.2) is 0 Å². The summed E-state index contributed by atoms with van der Waals surface area (Å²) < 4.78 is 2.06. The topological polar surface area (TPSA) is 34.9 Å². The second-order valence-corrected chi connectivity index (χ2v) is 4.80. The van der Waals surface area contributed by atoms with Crippen molar-refractivity contribution in [3.05, 3.63) is 17.5 Å². The number of carbonyl (C=O) groups excluding carboxylic acids is 1. The smallest absolute Gasteiger partial charge is 0.133 e. The number of aryl methyl sites for hydroxylation is 2. The summed E-state index contributed by atoms with van der Waals surface area (Å²) in [6.07, 6.45) is 4.85. The fraction of sp³-hybridized carbons (Fsp3) is 0.692. The summed E-state index contributed by atoms with van der Waals surface area (Å²) in [7, 11) is 0. The van der Waals surface area contributed by atoms with E-state index >= 15 is 0 Å². The molecule has 3 nitrogen and oxygen atoms in total. The number of aromatic nitrogens is 2. The fourth-order valence-electron chi connectivity index (χ4n) is 2.62. The van der Waals surface area contributed by atoms with Crippen LogP contribution in [0.1, 0.15) is 44.0 Å². The van der Waals surface area contributed by atoms with Crippen molar-refractivity contribution in [1.82, 2.24) is 9.78 Å². The zero-order chi connectivity index (χ0) is 11.5. The lowest BCUT2D eigenvalue weighted by molar-refractivity contribution is -0.121. The van der Waals surface area contributed by atoms with Gasteiger partial charge in [0.2, 0.25) is 0 Å². The molecule has 1 aliphatic carbocycles. The first-order valence-electron chi connectivity index (χ1n) is 6.24. The maximum absolute atomic E-state index is 11.4. The Balaban J connectivity index is 2.04. The monoisotopic (exact) mass is 220 g/mol. The van der Waals surface area contributed by atoms with Crippen LogP contribution >= 0.6 is 0 Å². The van der Waals surface area contributed by atoms with Crippen LogP contribution in [-0.2, 0) is 17.8 Å². The summed E-state index contributed by atoms with van der Waals surface area (Å²) >= 11 is 0. The van der Waals surface area contributed by atoms with E-state index in [0.717, 1.165) is 37.9 Å². The number of rotatable bonds is 3. The van der Waals surface area contributed by atoms with Gasteiger partial charge in [0.1, 0.15) is 5.78 Å². The number of hydrogen-bond acceptors (Lipinski definition) is 2. The van der Waals surface area contributed by atoms with Crippen LogP contribution in [0.2, 0.25) is 0 Å². The zero-order valence-electron chi connectivity index (χ0n) is 10.2. The molecule has 16 heavy (non-hydrogen) atoms. The number of nitrogens with zero attached hydrogens (tertiary/aromatic N) is 2. The summed E-state index contributed by atoms with van der Waals surface area (Å²) in [6, 6.07) is 2.16. The maximum atomic E-state index is 11.4. The summed E-state index contributed by atoms with van der Waals surface area (Å²) in [5, 5.41) is 4.45. The zero-order valence-corrected chi connectivity index (χ0v) is 10.2. The highest BCUT2D eigenvalue weighted by Gasteiger charge is 2.21. The molecule has 0 saturated heterocycles. The van der Waals surface area contributed by atoms with Crippen LogP contribution in [0.4, 0.5) is 0 Å². The Kier molecular flexibility index (Phi) is 3.42. The number of hydrogen-bond donors (Lipinski definition) is 0. The predicted molar refractivity (Wildman–Crippen MR) is 63.3 cm³/mol. The first-order valence-corrected chi connectivity index (χ1v) is 6.24. The molecule has 88 valence electrons. The molecule has 1 unspecified atom stereocenters. The first kappa shape index (κ1) is 11.4. The van der Waals surface area contributed by atoms with E-state index in [9.17, 15) is 4.79 Å². The van der Waals surface area contributed by atoms with Gasteiger partial charge in [-0.05, 0) is 45.1 Å². The van der Waals surface area contributed by atoms with Crippen molar-refractivity contribution in [3.63, 3.8) is 0 Å². The first-order chi connectivity index (χ1) is 7.69. The SMILES string of the molecule is CCn1nc(C)cc1CC1CCCC(=O)C1. The lowest BCUT2D eigenvalue weighted by Crippen LogP contribution is -2.18. The molecule has 2 rings (SSSR count). The van der Waals surface area contributed by atoms with E-state index in [1.54, 1.807) is 0 Å². The van der Waals surface area contributed by atoms with Gasteiger partial charge in [0.05, 0.1) is 5.69 Å². The van der Waals surface area contributed by atoms with E-state index in [0.29, 0.717) is 11.7 Å². The fourth-order valence-corrected chi connectivity index (χ4v) is 2.62. The van der Waals surface area contributed by atoms with Crippen LogP contribution < -0.4 is 0 Å². The van der Waals surface area contributed by atoms with E-state index in [1.807, 2.05) is 6.92 Å². The van der Waals surface area contributed by atoms with E-state index < -0.39 is 0 Å². The number of Topliss-reactive ketones (excluding diaryl/α,β-unsaturated/α-hetero) is 1. The third-order valence-corrected chi connectivity index (χ3v) is 3.37. The van der Waals surface area contributed by atoms with Gasteiger partial charge in [-0.3, -0.25) is 9.48 Å². The molecule has 1 fully saturated rings. The highest BCUT2D eigenvalue weighted by atomic mass is 16.1. The summed E-state index contributed by atoms with van der Waals surface area (Å²) in [5.41, 5.74) is 2.37. The number of carbonyl (C=O) groups is 1. The Labute approximate surface area is 96.8 Å². The van der Waals surface area contributed by atoms with Crippen LogP contribution in [0.3, 0.4) is 0 Å². The largest absolute Gasteiger partial charge is 0.300 e. The van der Waals surface area contributed by atoms with Gasteiger partial charge < -0.3 is 0 Å². The lowest BCUT2D eigenvalue weighted by Gasteiger charge is -2.20. The minimum atomic E-state index is 0.440. The van der Waals surface area contributed by atoms with Crippen molar-refractivity contribution in [3.8, 4) is 0 Å². The van der Waals surface area contributed by atoms with Crippen LogP contribution in [0.25, 0.3) is 0 Å². The molecule has 0 amide bonds. The molecular weight excluding hydrogens is 200 g/mol. The predicted octanol–water partition coefficient (Wildman–Crippen LogP) is 2.51. The van der Waals surface area contributed by atoms with Gasteiger partial charge in [-0.2, -0.15) is 5.10 Å². The van der Waals surface area contributed by atoms with Crippen LogP contribution in [0.15, 0.2) is 6.07 Å². The Morgan fingerprint density at radius 1 is 1.56 bits per heavy atom. The van der Waals surface area contributed by atoms with Crippen molar-refractivity contribution in [2.75, 3.05) is 0 Å². The molecule has 0 bridgehead atoms. The Morgan fingerprint density at radius 3 is 3.06 bits per heavy atom. The molecule has 1 aliphatic rings. The summed E-state index contributed by atoms with van der Waals surface area (Å²) in [6.45, 7) is 5.06. The molecule has 0 N–H and O–H groups in total. The molecule has 0 aromatic carbocycles. The Morgan fingerprint density at radius 2 is 2.38 bits per heavy atom. The standard InChI is InChI=1S/C13H20N2O/c1-3-15-12(7-10(2)14-15)8-11-5-4-6-13(16)9-11/h7,11H,3-6,8-9H2,1-2H3. The van der Waals surface area contributed by atoms with E-state index in [4.69, 9.17) is 0 Å². The Bertz CT molecular complexity index is 381. The summed E-state index contributed by atoms with van der Waals surface area (Å²) in [5.74, 6) is 0.984. The Hall–Kier alpha value is -1.12. The van der Waals surface area contributed by atoms with Gasteiger partial charge in [-0.25, -0.2) is 0 Å². The molecule has 1 heterocycles. The number of ketones is 1. The van der Waals surface area contributed by atoms with Gasteiger partial charge >= 0.3 is 0 Å². The minimum Gasteiger partial charge on any atom is -0.300 e. The van der Waals surface area contributed by atoms with Crippen LogP contribution in [-0.4, -0.2) is 15.6 Å². The molecule has 0 radical (unpaired) electrons. The molecule has 0 aliphatic heterocycles. The molecule has 0 spiro atoms. The van der Waals surface area contributed by atoms with Crippen LogP contribution in [0.5, 0.6) is 0 Å².